The van der Waals surface area contributed by atoms with Crippen LogP contribution in [0, 0.1) is 0 Å². The van der Waals surface area contributed by atoms with Gasteiger partial charge in [-0.2, -0.15) is 0 Å². The van der Waals surface area contributed by atoms with E-state index in [-0.39, 0.29) is 5.97 Å². The third-order valence-electron chi connectivity index (χ3n) is 2.79. The van der Waals surface area contributed by atoms with Crippen LogP contribution < -0.4 is 4.74 Å². The van der Waals surface area contributed by atoms with Gasteiger partial charge in [0.15, 0.2) is 6.10 Å². The van der Waals surface area contributed by atoms with Crippen LogP contribution in [-0.2, 0) is 9.53 Å². The number of aromatic nitrogens is 1. The van der Waals surface area contributed by atoms with Gasteiger partial charge in [-0.15, -0.1) is 0 Å². The van der Waals surface area contributed by atoms with Crippen molar-refractivity contribution >= 4 is 5.97 Å². The second kappa shape index (κ2) is 6.70. The maximum Gasteiger partial charge on any atom is 0.347 e. The number of hydrogen-bond donors (Lipinski definition) is 0. The van der Waals surface area contributed by atoms with E-state index >= 15 is 0 Å². The Hall–Kier alpha value is -2.36. The summed E-state index contributed by atoms with van der Waals surface area (Å²) in [5, 5.41) is 0. The molecule has 4 heteroatoms. The third-order valence-corrected chi connectivity index (χ3v) is 2.79. The van der Waals surface area contributed by atoms with Gasteiger partial charge in [-0.1, -0.05) is 30.3 Å². The van der Waals surface area contributed by atoms with E-state index in [1.54, 1.807) is 26.2 Å². The van der Waals surface area contributed by atoms with E-state index < -0.39 is 6.10 Å². The SMILES string of the molecule is CCOC(=O)C(C)Oc1cnccc1-c1ccccc1. The number of rotatable bonds is 5. The molecule has 0 saturated carbocycles. The van der Waals surface area contributed by atoms with Crippen LogP contribution in [-0.4, -0.2) is 23.7 Å². The lowest BCUT2D eigenvalue weighted by Crippen LogP contribution is -2.26. The zero-order valence-electron chi connectivity index (χ0n) is 11.6. The van der Waals surface area contributed by atoms with Crippen molar-refractivity contribution in [3.8, 4) is 16.9 Å². The molecule has 0 bridgehead atoms. The fourth-order valence-electron chi connectivity index (χ4n) is 1.83. The summed E-state index contributed by atoms with van der Waals surface area (Å²) in [5.74, 6) is 0.189. The Labute approximate surface area is 118 Å². The molecule has 1 atom stereocenters. The highest BCUT2D eigenvalue weighted by Crippen LogP contribution is 2.29. The highest BCUT2D eigenvalue weighted by atomic mass is 16.6. The van der Waals surface area contributed by atoms with Crippen molar-refractivity contribution in [1.82, 2.24) is 4.98 Å². The van der Waals surface area contributed by atoms with E-state index in [9.17, 15) is 4.79 Å². The van der Waals surface area contributed by atoms with Crippen LogP contribution in [0.3, 0.4) is 0 Å². The molecule has 0 spiro atoms. The first-order chi connectivity index (χ1) is 9.72. The highest BCUT2D eigenvalue weighted by molar-refractivity contribution is 5.76. The van der Waals surface area contributed by atoms with E-state index in [0.29, 0.717) is 12.4 Å². The average Bonchev–Trinajstić information content (AvgIpc) is 2.49. The molecule has 20 heavy (non-hydrogen) atoms. The van der Waals surface area contributed by atoms with E-state index in [1.807, 2.05) is 36.4 Å². The Balaban J connectivity index is 2.23. The minimum absolute atomic E-state index is 0.338. The van der Waals surface area contributed by atoms with E-state index in [1.165, 1.54) is 0 Å². The standard InChI is InChI=1S/C16H17NO3/c1-3-19-16(18)12(2)20-15-11-17-10-9-14(15)13-7-5-4-6-8-13/h4-12H,3H2,1-2H3. The maximum absolute atomic E-state index is 11.6. The van der Waals surface area contributed by atoms with Crippen molar-refractivity contribution < 1.29 is 14.3 Å². The monoisotopic (exact) mass is 271 g/mol. The molecule has 4 nitrogen and oxygen atoms in total. The van der Waals surface area contributed by atoms with Crippen molar-refractivity contribution in [2.75, 3.05) is 6.61 Å². The summed E-state index contributed by atoms with van der Waals surface area (Å²) in [4.78, 5) is 15.7. The second-order valence-electron chi connectivity index (χ2n) is 4.25. The normalized spacial score (nSPS) is 11.7. The van der Waals surface area contributed by atoms with Gasteiger partial charge in [0.2, 0.25) is 0 Å². The lowest BCUT2D eigenvalue weighted by Gasteiger charge is -2.15. The molecule has 0 aliphatic heterocycles. The average molecular weight is 271 g/mol. The summed E-state index contributed by atoms with van der Waals surface area (Å²) < 4.78 is 10.6. The molecule has 2 rings (SSSR count). The molecule has 1 heterocycles. The van der Waals surface area contributed by atoms with E-state index in [0.717, 1.165) is 11.1 Å². The van der Waals surface area contributed by atoms with Crippen LogP contribution in [0.5, 0.6) is 5.75 Å². The first kappa shape index (κ1) is 14.1. The zero-order valence-corrected chi connectivity index (χ0v) is 11.6. The third kappa shape index (κ3) is 3.35. The van der Waals surface area contributed by atoms with Crippen LogP contribution in [0.2, 0.25) is 0 Å². The van der Waals surface area contributed by atoms with E-state index in [2.05, 4.69) is 4.98 Å². The largest absolute Gasteiger partial charge is 0.477 e. The summed E-state index contributed by atoms with van der Waals surface area (Å²) in [5.41, 5.74) is 1.91. The number of pyridine rings is 1. The number of benzene rings is 1. The molecule has 1 unspecified atom stereocenters. The molecule has 0 aliphatic rings. The van der Waals surface area contributed by atoms with Crippen LogP contribution in [0.4, 0.5) is 0 Å². The first-order valence-corrected chi connectivity index (χ1v) is 6.55. The Bertz CT molecular complexity index is 569. The highest BCUT2D eigenvalue weighted by Gasteiger charge is 2.17. The van der Waals surface area contributed by atoms with Gasteiger partial charge in [0, 0.05) is 11.8 Å². The number of carbonyl (C=O) groups is 1. The van der Waals surface area contributed by atoms with Gasteiger partial charge < -0.3 is 9.47 Å². The Morgan fingerprint density at radius 2 is 2.00 bits per heavy atom. The predicted octanol–water partition coefficient (Wildman–Crippen LogP) is 3.08. The smallest absolute Gasteiger partial charge is 0.347 e. The first-order valence-electron chi connectivity index (χ1n) is 6.55. The molecule has 1 aromatic carbocycles. The van der Waals surface area contributed by atoms with Gasteiger partial charge in [-0.05, 0) is 25.5 Å². The molecule has 0 fully saturated rings. The number of esters is 1. The van der Waals surface area contributed by atoms with Crippen molar-refractivity contribution in [3.63, 3.8) is 0 Å². The Morgan fingerprint density at radius 3 is 2.70 bits per heavy atom. The van der Waals surface area contributed by atoms with Crippen LogP contribution in [0.25, 0.3) is 11.1 Å². The maximum atomic E-state index is 11.6. The van der Waals surface area contributed by atoms with Crippen molar-refractivity contribution in [2.24, 2.45) is 0 Å². The van der Waals surface area contributed by atoms with Gasteiger partial charge in [-0.3, -0.25) is 4.98 Å². The fourth-order valence-corrected chi connectivity index (χ4v) is 1.83. The molecular weight excluding hydrogens is 254 g/mol. The Kier molecular flexibility index (Phi) is 4.71. The molecule has 0 saturated heterocycles. The molecular formula is C16H17NO3. The number of nitrogens with zero attached hydrogens (tertiary/aromatic N) is 1. The van der Waals surface area contributed by atoms with Crippen LogP contribution in [0.1, 0.15) is 13.8 Å². The molecule has 104 valence electrons. The predicted molar refractivity (Wildman–Crippen MR) is 76.4 cm³/mol. The summed E-state index contributed by atoms with van der Waals surface area (Å²) in [6.45, 7) is 3.77. The molecule has 0 N–H and O–H groups in total. The molecule has 0 aliphatic carbocycles. The van der Waals surface area contributed by atoms with Crippen LogP contribution >= 0.6 is 0 Å². The minimum atomic E-state index is -0.665. The minimum Gasteiger partial charge on any atom is -0.477 e. The van der Waals surface area contributed by atoms with Crippen molar-refractivity contribution in [3.05, 3.63) is 48.8 Å². The fraction of sp³-hybridized carbons (Fsp3) is 0.250. The zero-order chi connectivity index (χ0) is 14.4. The van der Waals surface area contributed by atoms with E-state index in [4.69, 9.17) is 9.47 Å². The summed E-state index contributed by atoms with van der Waals surface area (Å²) in [7, 11) is 0. The summed E-state index contributed by atoms with van der Waals surface area (Å²) in [6, 6.07) is 11.7. The van der Waals surface area contributed by atoms with Gasteiger partial charge in [0.05, 0.1) is 12.8 Å². The molecule has 2 aromatic rings. The lowest BCUT2D eigenvalue weighted by atomic mass is 10.1. The number of ether oxygens (including phenoxy) is 2. The topological polar surface area (TPSA) is 48.4 Å². The molecule has 1 aromatic heterocycles. The quantitative estimate of drug-likeness (QED) is 0.784. The molecule has 0 amide bonds. The second-order valence-corrected chi connectivity index (χ2v) is 4.25. The number of carbonyl (C=O) groups excluding carboxylic acids is 1. The van der Waals surface area contributed by atoms with Gasteiger partial charge in [0.25, 0.3) is 0 Å². The Morgan fingerprint density at radius 1 is 1.25 bits per heavy atom. The summed E-state index contributed by atoms with van der Waals surface area (Å²) in [6.07, 6.45) is 2.64. The van der Waals surface area contributed by atoms with Crippen molar-refractivity contribution in [2.45, 2.75) is 20.0 Å². The molecule has 0 radical (unpaired) electrons. The van der Waals surface area contributed by atoms with Gasteiger partial charge in [0.1, 0.15) is 5.75 Å². The number of hydrogen-bond acceptors (Lipinski definition) is 4. The summed E-state index contributed by atoms with van der Waals surface area (Å²) >= 11 is 0. The van der Waals surface area contributed by atoms with Crippen molar-refractivity contribution in [1.29, 1.82) is 0 Å². The van der Waals surface area contributed by atoms with Gasteiger partial charge >= 0.3 is 5.97 Å². The van der Waals surface area contributed by atoms with Crippen LogP contribution in [0.15, 0.2) is 48.8 Å². The van der Waals surface area contributed by atoms with Gasteiger partial charge in [-0.25, -0.2) is 4.79 Å². The lowest BCUT2D eigenvalue weighted by molar-refractivity contribution is -0.150.